The number of aromatic nitrogens is 3. The van der Waals surface area contributed by atoms with Gasteiger partial charge in [0.2, 0.25) is 0 Å². The van der Waals surface area contributed by atoms with Gasteiger partial charge in [0.25, 0.3) is 5.91 Å². The summed E-state index contributed by atoms with van der Waals surface area (Å²) in [5.74, 6) is 0.947. The number of carbonyl (C=O) groups excluding carboxylic acids is 1. The van der Waals surface area contributed by atoms with Crippen molar-refractivity contribution in [1.82, 2.24) is 15.0 Å². The van der Waals surface area contributed by atoms with E-state index in [4.69, 9.17) is 9.68 Å². The average Bonchev–Trinajstić information content (AvgIpc) is 3.30. The standard InChI is InChI=1S/C18H11N5O2/c19-10-13-8-11(5-6-20-13)18(24)21-12-3-4-14-15(9-12)23-17(22-14)16-2-1-7-25-16/h1-9H,(H,21,24)(H,22,23). The Morgan fingerprint density at radius 3 is 2.96 bits per heavy atom. The van der Waals surface area contributed by atoms with Crippen LogP contribution in [0.25, 0.3) is 22.6 Å². The molecule has 7 nitrogen and oxygen atoms in total. The van der Waals surface area contributed by atoms with E-state index in [-0.39, 0.29) is 11.6 Å². The number of H-pyrrole nitrogens is 1. The van der Waals surface area contributed by atoms with E-state index in [0.717, 1.165) is 11.0 Å². The zero-order chi connectivity index (χ0) is 17.2. The Kier molecular flexibility index (Phi) is 3.48. The summed E-state index contributed by atoms with van der Waals surface area (Å²) in [6, 6.07) is 13.9. The van der Waals surface area contributed by atoms with Crippen LogP contribution in [0.4, 0.5) is 5.69 Å². The molecule has 0 spiro atoms. The molecule has 3 heterocycles. The Bertz CT molecular complexity index is 1110. The van der Waals surface area contributed by atoms with E-state index in [1.807, 2.05) is 12.1 Å². The third kappa shape index (κ3) is 2.84. The Morgan fingerprint density at radius 2 is 2.16 bits per heavy atom. The molecule has 2 N–H and O–H groups in total. The van der Waals surface area contributed by atoms with Crippen LogP contribution in [-0.2, 0) is 0 Å². The molecule has 0 unspecified atom stereocenters. The van der Waals surface area contributed by atoms with Crippen molar-refractivity contribution in [2.24, 2.45) is 0 Å². The Morgan fingerprint density at radius 1 is 1.24 bits per heavy atom. The number of pyridine rings is 1. The minimum atomic E-state index is -0.316. The molecule has 0 fully saturated rings. The molecular weight excluding hydrogens is 318 g/mol. The summed E-state index contributed by atoms with van der Waals surface area (Å²) in [4.78, 5) is 23.8. The zero-order valence-electron chi connectivity index (χ0n) is 12.9. The SMILES string of the molecule is N#Cc1cc(C(=O)Nc2ccc3nc(-c4ccco4)[nH]c3c2)ccn1. The molecule has 0 saturated carbocycles. The van der Waals surface area contributed by atoms with Crippen LogP contribution in [0.1, 0.15) is 16.1 Å². The predicted molar refractivity (Wildman–Crippen MR) is 90.7 cm³/mol. The van der Waals surface area contributed by atoms with E-state index in [1.54, 1.807) is 36.6 Å². The number of aromatic amines is 1. The highest BCUT2D eigenvalue weighted by Gasteiger charge is 2.11. The first-order valence-electron chi connectivity index (χ1n) is 7.44. The van der Waals surface area contributed by atoms with Crippen LogP contribution in [0.15, 0.2) is 59.3 Å². The lowest BCUT2D eigenvalue weighted by Gasteiger charge is -2.05. The van der Waals surface area contributed by atoms with Crippen molar-refractivity contribution >= 4 is 22.6 Å². The fourth-order valence-corrected chi connectivity index (χ4v) is 2.45. The smallest absolute Gasteiger partial charge is 0.255 e. The van der Waals surface area contributed by atoms with E-state index in [0.29, 0.717) is 22.8 Å². The fraction of sp³-hybridized carbons (Fsp3) is 0. The van der Waals surface area contributed by atoms with Crippen molar-refractivity contribution in [3.8, 4) is 17.7 Å². The van der Waals surface area contributed by atoms with Gasteiger partial charge in [-0.15, -0.1) is 0 Å². The molecule has 0 saturated heterocycles. The van der Waals surface area contributed by atoms with Crippen molar-refractivity contribution in [2.45, 2.75) is 0 Å². The number of hydrogen-bond acceptors (Lipinski definition) is 5. The van der Waals surface area contributed by atoms with E-state index in [2.05, 4.69) is 20.3 Å². The van der Waals surface area contributed by atoms with E-state index in [1.165, 1.54) is 12.3 Å². The third-order valence-corrected chi connectivity index (χ3v) is 3.63. The number of nitrogens with zero attached hydrogens (tertiary/aromatic N) is 3. The number of benzene rings is 1. The summed E-state index contributed by atoms with van der Waals surface area (Å²) in [6.45, 7) is 0. The number of rotatable bonds is 3. The lowest BCUT2D eigenvalue weighted by Crippen LogP contribution is -2.12. The number of imidazole rings is 1. The molecular formula is C18H11N5O2. The topological polar surface area (TPSA) is 108 Å². The quantitative estimate of drug-likeness (QED) is 0.599. The normalized spacial score (nSPS) is 10.5. The van der Waals surface area contributed by atoms with Gasteiger partial charge < -0.3 is 14.7 Å². The van der Waals surface area contributed by atoms with Crippen molar-refractivity contribution in [2.75, 3.05) is 5.32 Å². The molecule has 0 aliphatic carbocycles. The average molecular weight is 329 g/mol. The second-order valence-electron chi connectivity index (χ2n) is 5.29. The number of carbonyl (C=O) groups is 1. The Labute approximate surface area is 142 Å². The van der Waals surface area contributed by atoms with Gasteiger partial charge in [-0.1, -0.05) is 0 Å². The summed E-state index contributed by atoms with van der Waals surface area (Å²) < 4.78 is 5.33. The van der Waals surface area contributed by atoms with Crippen molar-refractivity contribution < 1.29 is 9.21 Å². The van der Waals surface area contributed by atoms with Crippen molar-refractivity contribution in [1.29, 1.82) is 5.26 Å². The minimum absolute atomic E-state index is 0.194. The van der Waals surface area contributed by atoms with E-state index < -0.39 is 0 Å². The molecule has 0 radical (unpaired) electrons. The molecule has 7 heteroatoms. The molecule has 3 aromatic heterocycles. The maximum atomic E-state index is 12.3. The maximum absolute atomic E-state index is 12.3. The first kappa shape index (κ1) is 14.7. The van der Waals surface area contributed by atoms with Gasteiger partial charge in [-0.25, -0.2) is 9.97 Å². The summed E-state index contributed by atoms with van der Waals surface area (Å²) in [7, 11) is 0. The molecule has 0 aliphatic rings. The lowest BCUT2D eigenvalue weighted by atomic mass is 10.2. The summed E-state index contributed by atoms with van der Waals surface area (Å²) in [6.07, 6.45) is 3.01. The number of furan rings is 1. The highest BCUT2D eigenvalue weighted by molar-refractivity contribution is 6.05. The first-order valence-corrected chi connectivity index (χ1v) is 7.44. The second-order valence-corrected chi connectivity index (χ2v) is 5.29. The van der Waals surface area contributed by atoms with Crippen LogP contribution in [0.5, 0.6) is 0 Å². The summed E-state index contributed by atoms with van der Waals surface area (Å²) >= 11 is 0. The highest BCUT2D eigenvalue weighted by atomic mass is 16.3. The van der Waals surface area contributed by atoms with Crippen molar-refractivity contribution in [3.05, 3.63) is 66.2 Å². The zero-order valence-corrected chi connectivity index (χ0v) is 12.9. The Balaban J connectivity index is 1.61. The van der Waals surface area contributed by atoms with Gasteiger partial charge in [0.15, 0.2) is 11.6 Å². The van der Waals surface area contributed by atoms with Crippen LogP contribution in [0, 0.1) is 11.3 Å². The fourth-order valence-electron chi connectivity index (χ4n) is 2.45. The number of anilines is 1. The molecule has 0 bridgehead atoms. The van der Waals surface area contributed by atoms with Crippen LogP contribution < -0.4 is 5.32 Å². The van der Waals surface area contributed by atoms with Gasteiger partial charge in [0.1, 0.15) is 11.8 Å². The lowest BCUT2D eigenvalue weighted by molar-refractivity contribution is 0.102. The number of amides is 1. The van der Waals surface area contributed by atoms with E-state index >= 15 is 0 Å². The Hall–Kier alpha value is -3.92. The number of nitrogens with one attached hydrogen (secondary N) is 2. The number of nitriles is 1. The van der Waals surface area contributed by atoms with Gasteiger partial charge in [0.05, 0.1) is 17.3 Å². The molecule has 4 rings (SSSR count). The molecule has 0 atom stereocenters. The first-order chi connectivity index (χ1) is 12.2. The van der Waals surface area contributed by atoms with Gasteiger partial charge in [-0.3, -0.25) is 4.79 Å². The maximum Gasteiger partial charge on any atom is 0.255 e. The molecule has 25 heavy (non-hydrogen) atoms. The molecule has 1 amide bonds. The summed E-state index contributed by atoms with van der Waals surface area (Å²) in [5, 5.41) is 11.7. The monoisotopic (exact) mass is 329 g/mol. The minimum Gasteiger partial charge on any atom is -0.461 e. The van der Waals surface area contributed by atoms with Gasteiger partial charge in [-0.2, -0.15) is 5.26 Å². The number of hydrogen-bond donors (Lipinski definition) is 2. The highest BCUT2D eigenvalue weighted by Crippen LogP contribution is 2.23. The van der Waals surface area contributed by atoms with Crippen LogP contribution in [0.2, 0.25) is 0 Å². The van der Waals surface area contributed by atoms with E-state index in [9.17, 15) is 4.79 Å². The van der Waals surface area contributed by atoms with Crippen LogP contribution in [0.3, 0.4) is 0 Å². The summed E-state index contributed by atoms with van der Waals surface area (Å²) in [5.41, 5.74) is 2.71. The van der Waals surface area contributed by atoms with Crippen molar-refractivity contribution in [3.63, 3.8) is 0 Å². The van der Waals surface area contributed by atoms with Gasteiger partial charge in [0, 0.05) is 17.4 Å². The van der Waals surface area contributed by atoms with Gasteiger partial charge in [-0.05, 0) is 42.5 Å². The predicted octanol–water partition coefficient (Wildman–Crippen LogP) is 3.34. The third-order valence-electron chi connectivity index (χ3n) is 3.63. The number of fused-ring (bicyclic) bond motifs is 1. The van der Waals surface area contributed by atoms with Crippen LogP contribution >= 0.6 is 0 Å². The second kappa shape index (κ2) is 5.94. The molecule has 120 valence electrons. The molecule has 0 aliphatic heterocycles. The molecule has 4 aromatic rings. The molecule has 1 aromatic carbocycles. The van der Waals surface area contributed by atoms with Gasteiger partial charge >= 0.3 is 0 Å². The van der Waals surface area contributed by atoms with Crippen LogP contribution in [-0.4, -0.2) is 20.9 Å². The largest absolute Gasteiger partial charge is 0.461 e.